The van der Waals surface area contributed by atoms with Crippen molar-refractivity contribution < 1.29 is 0 Å². The van der Waals surface area contributed by atoms with Crippen molar-refractivity contribution in [2.75, 3.05) is 0 Å². The van der Waals surface area contributed by atoms with Crippen LogP contribution in [0.1, 0.15) is 30.7 Å². The van der Waals surface area contributed by atoms with E-state index in [2.05, 4.69) is 58.2 Å². The predicted molar refractivity (Wildman–Crippen MR) is 95.1 cm³/mol. The molecule has 5 heteroatoms. The fourth-order valence-electron chi connectivity index (χ4n) is 2.55. The summed E-state index contributed by atoms with van der Waals surface area (Å²) < 4.78 is 0. The van der Waals surface area contributed by atoms with Gasteiger partial charge in [0.25, 0.3) is 0 Å². The van der Waals surface area contributed by atoms with Crippen molar-refractivity contribution in [1.82, 2.24) is 20.1 Å². The molecule has 3 rings (SSSR count). The molecule has 0 aliphatic carbocycles. The fraction of sp³-hybridized carbons (Fsp3) is 0.333. The fourth-order valence-corrected chi connectivity index (χ4v) is 3.56. The maximum atomic E-state index is 4.11. The Kier molecular flexibility index (Phi) is 5.20. The summed E-state index contributed by atoms with van der Waals surface area (Å²) in [5.41, 5.74) is 2.40. The Bertz CT molecular complexity index is 706. The van der Waals surface area contributed by atoms with Crippen LogP contribution in [0.25, 0.3) is 10.6 Å². The highest BCUT2D eigenvalue weighted by Crippen LogP contribution is 2.28. The first-order valence-corrected chi connectivity index (χ1v) is 8.79. The molecule has 3 heterocycles. The number of hydrogen-bond acceptors (Lipinski definition) is 4. The molecule has 120 valence electrons. The molecule has 3 aromatic heterocycles. The topological polar surface area (TPSA) is 44.8 Å². The summed E-state index contributed by atoms with van der Waals surface area (Å²) in [5.74, 6) is 0. The van der Waals surface area contributed by atoms with Crippen molar-refractivity contribution in [2.45, 2.75) is 39.4 Å². The maximum Gasteiger partial charge on any atom is 0.0749 e. The second-order valence-corrected chi connectivity index (χ2v) is 6.92. The molecule has 1 N–H and O–H groups in total. The molecule has 23 heavy (non-hydrogen) atoms. The van der Waals surface area contributed by atoms with Gasteiger partial charge in [0.15, 0.2) is 0 Å². The molecule has 0 aromatic carbocycles. The first-order valence-electron chi connectivity index (χ1n) is 7.97. The summed E-state index contributed by atoms with van der Waals surface area (Å²) in [7, 11) is 0. The smallest absolute Gasteiger partial charge is 0.0749 e. The van der Waals surface area contributed by atoms with Gasteiger partial charge in [-0.3, -0.25) is 15.0 Å². The van der Waals surface area contributed by atoms with Gasteiger partial charge in [-0.25, -0.2) is 0 Å². The van der Waals surface area contributed by atoms with E-state index >= 15 is 0 Å². The van der Waals surface area contributed by atoms with Crippen molar-refractivity contribution >= 4 is 11.3 Å². The lowest BCUT2D eigenvalue weighted by molar-refractivity contribution is 0.188. The number of aromatic amines is 1. The van der Waals surface area contributed by atoms with Crippen LogP contribution in [0.4, 0.5) is 0 Å². The van der Waals surface area contributed by atoms with Crippen molar-refractivity contribution in [3.63, 3.8) is 0 Å². The summed E-state index contributed by atoms with van der Waals surface area (Å²) >= 11 is 1.83. The Hall–Kier alpha value is -1.98. The summed E-state index contributed by atoms with van der Waals surface area (Å²) in [6, 6.07) is 11.1. The van der Waals surface area contributed by atoms with E-state index < -0.39 is 0 Å². The Labute approximate surface area is 141 Å². The van der Waals surface area contributed by atoms with Crippen LogP contribution in [-0.4, -0.2) is 26.1 Å². The molecular formula is C18H22N4S. The monoisotopic (exact) mass is 326 g/mol. The highest BCUT2D eigenvalue weighted by Gasteiger charge is 2.15. The van der Waals surface area contributed by atoms with E-state index in [1.165, 1.54) is 15.3 Å². The van der Waals surface area contributed by atoms with Gasteiger partial charge in [0.05, 0.1) is 10.6 Å². The van der Waals surface area contributed by atoms with E-state index in [4.69, 9.17) is 0 Å². The van der Waals surface area contributed by atoms with Gasteiger partial charge in [0, 0.05) is 42.6 Å². The Morgan fingerprint density at radius 2 is 1.91 bits per heavy atom. The molecule has 4 nitrogen and oxygen atoms in total. The van der Waals surface area contributed by atoms with Crippen molar-refractivity contribution in [1.29, 1.82) is 0 Å². The lowest BCUT2D eigenvalue weighted by Gasteiger charge is -2.28. The molecule has 0 saturated heterocycles. The van der Waals surface area contributed by atoms with E-state index in [9.17, 15) is 0 Å². The van der Waals surface area contributed by atoms with Gasteiger partial charge in [-0.15, -0.1) is 11.3 Å². The van der Waals surface area contributed by atoms with Gasteiger partial charge >= 0.3 is 0 Å². The first kappa shape index (κ1) is 15.9. The summed E-state index contributed by atoms with van der Waals surface area (Å²) in [6.45, 7) is 6.46. The molecular weight excluding hydrogens is 304 g/mol. The van der Waals surface area contributed by atoms with Crippen LogP contribution in [0.15, 0.2) is 48.9 Å². The van der Waals surface area contributed by atoms with E-state index in [-0.39, 0.29) is 0 Å². The molecule has 3 aromatic rings. The van der Waals surface area contributed by atoms with Crippen molar-refractivity contribution in [3.05, 3.63) is 59.4 Å². The van der Waals surface area contributed by atoms with Crippen molar-refractivity contribution in [2.24, 2.45) is 0 Å². The second-order valence-electron chi connectivity index (χ2n) is 5.75. The zero-order valence-electron chi connectivity index (χ0n) is 13.6. The SMILES string of the molecule is CC[C@H](C)N(Cc1ccncc1)Cc1ccc(-c2ccn[nH]2)s1. The lowest BCUT2D eigenvalue weighted by Crippen LogP contribution is -2.31. The number of H-pyrrole nitrogens is 1. The van der Waals surface area contributed by atoms with Gasteiger partial charge in [-0.05, 0) is 49.2 Å². The third-order valence-corrected chi connectivity index (χ3v) is 5.24. The summed E-state index contributed by atoms with van der Waals surface area (Å²) in [6.07, 6.45) is 6.67. The number of nitrogens with zero attached hydrogens (tertiary/aromatic N) is 3. The normalized spacial score (nSPS) is 12.7. The molecule has 0 amide bonds. The zero-order valence-corrected chi connectivity index (χ0v) is 14.4. The molecule has 0 bridgehead atoms. The minimum atomic E-state index is 0.542. The summed E-state index contributed by atoms with van der Waals surface area (Å²) in [5, 5.41) is 7.07. The van der Waals surface area contributed by atoms with Crippen LogP contribution in [-0.2, 0) is 13.1 Å². The first-order chi connectivity index (χ1) is 11.3. The third kappa shape index (κ3) is 4.06. The number of rotatable bonds is 7. The minimum absolute atomic E-state index is 0.542. The van der Waals surface area contributed by atoms with E-state index in [1.807, 2.05) is 29.8 Å². The van der Waals surface area contributed by atoms with Crippen LogP contribution < -0.4 is 0 Å². The van der Waals surface area contributed by atoms with Gasteiger partial charge in [0.2, 0.25) is 0 Å². The van der Waals surface area contributed by atoms with Gasteiger partial charge in [-0.1, -0.05) is 6.92 Å². The van der Waals surface area contributed by atoms with E-state index in [0.717, 1.165) is 25.2 Å². The zero-order chi connectivity index (χ0) is 16.1. The maximum absolute atomic E-state index is 4.11. The van der Waals surface area contributed by atoms with Crippen LogP contribution in [0, 0.1) is 0 Å². The molecule has 0 fully saturated rings. The average molecular weight is 326 g/mol. The predicted octanol–water partition coefficient (Wildman–Crippen LogP) is 4.33. The number of pyridine rings is 1. The Morgan fingerprint density at radius 1 is 1.09 bits per heavy atom. The average Bonchev–Trinajstić information content (AvgIpc) is 3.25. The van der Waals surface area contributed by atoms with Gasteiger partial charge < -0.3 is 0 Å². The van der Waals surface area contributed by atoms with Crippen LogP contribution in [0.3, 0.4) is 0 Å². The van der Waals surface area contributed by atoms with Gasteiger partial charge in [-0.2, -0.15) is 5.10 Å². The second kappa shape index (κ2) is 7.53. The number of aromatic nitrogens is 3. The molecule has 0 aliphatic heterocycles. The number of nitrogens with one attached hydrogen (secondary N) is 1. The quantitative estimate of drug-likeness (QED) is 0.702. The largest absolute Gasteiger partial charge is 0.291 e. The molecule has 0 radical (unpaired) electrons. The Morgan fingerprint density at radius 3 is 2.61 bits per heavy atom. The molecule has 0 aliphatic rings. The highest BCUT2D eigenvalue weighted by molar-refractivity contribution is 7.15. The standard InChI is InChI=1S/C18H22N4S/c1-3-14(2)22(12-15-6-9-19-10-7-15)13-16-4-5-18(23-16)17-8-11-20-21-17/h4-11,14H,3,12-13H2,1-2H3,(H,20,21)/t14-/m0/s1. The number of thiophene rings is 1. The van der Waals surface area contributed by atoms with Crippen LogP contribution in [0.2, 0.25) is 0 Å². The molecule has 0 saturated carbocycles. The lowest BCUT2D eigenvalue weighted by atomic mass is 10.1. The molecule has 0 spiro atoms. The number of hydrogen-bond donors (Lipinski definition) is 1. The molecule has 0 unspecified atom stereocenters. The van der Waals surface area contributed by atoms with Crippen molar-refractivity contribution in [3.8, 4) is 10.6 Å². The van der Waals surface area contributed by atoms with Crippen LogP contribution in [0.5, 0.6) is 0 Å². The van der Waals surface area contributed by atoms with E-state index in [0.29, 0.717) is 6.04 Å². The highest BCUT2D eigenvalue weighted by atomic mass is 32.1. The summed E-state index contributed by atoms with van der Waals surface area (Å²) in [4.78, 5) is 9.25. The van der Waals surface area contributed by atoms with Crippen LogP contribution >= 0.6 is 11.3 Å². The van der Waals surface area contributed by atoms with Gasteiger partial charge in [0.1, 0.15) is 0 Å². The minimum Gasteiger partial charge on any atom is -0.291 e. The molecule has 1 atom stereocenters. The third-order valence-electron chi connectivity index (χ3n) is 4.14. The van der Waals surface area contributed by atoms with E-state index in [1.54, 1.807) is 6.20 Å². The Balaban J connectivity index is 1.73.